The molecule has 2 N–H and O–H groups in total. The topological polar surface area (TPSA) is 60.0 Å². The molecule has 7 heteroatoms. The molecule has 3 aliphatic rings. The number of amides is 2. The first-order valence-corrected chi connectivity index (χ1v) is 10.4. The Morgan fingerprint density at radius 2 is 2.29 bits per heavy atom. The van der Waals surface area contributed by atoms with Gasteiger partial charge in [-0.05, 0) is 49.5 Å². The molecule has 0 radical (unpaired) electrons. The lowest BCUT2D eigenvalue weighted by Gasteiger charge is -2.38. The standard InChI is InChI=1S/C21H28ClN5O/c1-14-11-15(7-8-18(14)22)17-12-19(17)24-21(28)26(2)16-5-4-10-27(13-16)20-6-3-9-23-25-20/h3,6-8,11,16-17,19,23H,4-5,9-10,12-13H2,1-2H3,(H,24,28)/t16-,17-,19+/m1/s1. The van der Waals surface area contributed by atoms with Crippen molar-refractivity contribution >= 4 is 23.5 Å². The summed E-state index contributed by atoms with van der Waals surface area (Å²) in [5.41, 5.74) is 5.36. The van der Waals surface area contributed by atoms with Crippen LogP contribution in [0.2, 0.25) is 5.02 Å². The molecule has 1 aliphatic carbocycles. The summed E-state index contributed by atoms with van der Waals surface area (Å²) in [5.74, 6) is 1.36. The summed E-state index contributed by atoms with van der Waals surface area (Å²) in [6.45, 7) is 4.60. The zero-order chi connectivity index (χ0) is 19.7. The van der Waals surface area contributed by atoms with Gasteiger partial charge in [0.25, 0.3) is 0 Å². The fourth-order valence-electron chi connectivity index (χ4n) is 4.08. The third-order valence-electron chi connectivity index (χ3n) is 5.97. The predicted molar refractivity (Wildman–Crippen MR) is 113 cm³/mol. The maximum absolute atomic E-state index is 12.8. The number of likely N-dealkylation sites (tertiary alicyclic amines) is 1. The second kappa shape index (κ2) is 8.03. The molecule has 2 heterocycles. The van der Waals surface area contributed by atoms with E-state index in [4.69, 9.17) is 11.6 Å². The molecule has 0 bridgehead atoms. The molecule has 4 rings (SSSR count). The molecule has 0 spiro atoms. The number of amidine groups is 1. The number of likely N-dealkylation sites (N-methyl/N-ethyl adjacent to an activating group) is 1. The first-order valence-electron chi connectivity index (χ1n) is 10.0. The van der Waals surface area contributed by atoms with Crippen LogP contribution in [0.1, 0.15) is 36.3 Å². The monoisotopic (exact) mass is 401 g/mol. The Balaban J connectivity index is 1.31. The fourth-order valence-corrected chi connectivity index (χ4v) is 4.20. The van der Waals surface area contributed by atoms with Crippen molar-refractivity contribution in [2.45, 2.75) is 44.2 Å². The van der Waals surface area contributed by atoms with Crippen molar-refractivity contribution < 1.29 is 4.79 Å². The van der Waals surface area contributed by atoms with E-state index in [2.05, 4.69) is 45.0 Å². The minimum absolute atomic E-state index is 0.0179. The summed E-state index contributed by atoms with van der Waals surface area (Å²) in [5, 5.41) is 8.38. The molecule has 0 aromatic heterocycles. The van der Waals surface area contributed by atoms with Gasteiger partial charge in [-0.3, -0.25) is 0 Å². The van der Waals surface area contributed by atoms with Crippen LogP contribution in [0.3, 0.4) is 0 Å². The first-order chi connectivity index (χ1) is 13.5. The molecule has 0 unspecified atom stereocenters. The molecule has 2 amide bonds. The third-order valence-corrected chi connectivity index (χ3v) is 6.39. The zero-order valence-corrected chi connectivity index (χ0v) is 17.2. The van der Waals surface area contributed by atoms with Crippen LogP contribution < -0.4 is 10.7 Å². The fraction of sp³-hybridized carbons (Fsp3) is 0.524. The number of hydrogen-bond acceptors (Lipinski definition) is 4. The van der Waals surface area contributed by atoms with Crippen LogP contribution in [0, 0.1) is 6.92 Å². The second-order valence-corrected chi connectivity index (χ2v) is 8.40. The van der Waals surface area contributed by atoms with Gasteiger partial charge in [0, 0.05) is 37.1 Å². The number of urea groups is 1. The van der Waals surface area contributed by atoms with E-state index in [1.54, 1.807) is 0 Å². The van der Waals surface area contributed by atoms with Crippen molar-refractivity contribution in [2.24, 2.45) is 5.10 Å². The van der Waals surface area contributed by atoms with E-state index in [-0.39, 0.29) is 18.1 Å². The first kappa shape index (κ1) is 19.1. The molecular formula is C21H28ClN5O. The van der Waals surface area contributed by atoms with Crippen LogP contribution in [-0.4, -0.2) is 60.4 Å². The SMILES string of the molecule is Cc1cc([C@H]2C[C@@H]2NC(=O)N(C)[C@@H]2CCCN(C3=NNCC=C3)C2)ccc1Cl. The highest BCUT2D eigenvalue weighted by atomic mass is 35.5. The van der Waals surface area contributed by atoms with Crippen molar-refractivity contribution in [1.29, 1.82) is 0 Å². The van der Waals surface area contributed by atoms with Crippen molar-refractivity contribution in [1.82, 2.24) is 20.5 Å². The van der Waals surface area contributed by atoms with Gasteiger partial charge < -0.3 is 20.5 Å². The third kappa shape index (κ3) is 4.12. The van der Waals surface area contributed by atoms with E-state index in [0.29, 0.717) is 5.92 Å². The zero-order valence-electron chi connectivity index (χ0n) is 16.5. The van der Waals surface area contributed by atoms with Crippen molar-refractivity contribution in [3.63, 3.8) is 0 Å². The summed E-state index contributed by atoms with van der Waals surface area (Å²) in [6, 6.07) is 6.58. The number of nitrogens with zero attached hydrogens (tertiary/aromatic N) is 3. The van der Waals surface area contributed by atoms with Crippen LogP contribution in [0.25, 0.3) is 0 Å². The van der Waals surface area contributed by atoms with Crippen LogP contribution >= 0.6 is 11.6 Å². The number of hydrazone groups is 1. The lowest BCUT2D eigenvalue weighted by Crippen LogP contribution is -2.53. The highest BCUT2D eigenvalue weighted by Crippen LogP contribution is 2.41. The van der Waals surface area contributed by atoms with E-state index >= 15 is 0 Å². The number of rotatable bonds is 3. The Labute approximate surface area is 171 Å². The van der Waals surface area contributed by atoms with E-state index in [0.717, 1.165) is 55.3 Å². The van der Waals surface area contributed by atoms with Gasteiger partial charge in [0.05, 0.1) is 12.6 Å². The molecule has 1 saturated heterocycles. The van der Waals surface area contributed by atoms with Crippen molar-refractivity contribution in [3.8, 4) is 0 Å². The van der Waals surface area contributed by atoms with E-state index in [9.17, 15) is 4.79 Å². The maximum Gasteiger partial charge on any atom is 0.317 e. The molecular weight excluding hydrogens is 374 g/mol. The molecule has 1 saturated carbocycles. The minimum atomic E-state index is 0.0179. The van der Waals surface area contributed by atoms with Gasteiger partial charge in [0.2, 0.25) is 0 Å². The number of carbonyl (C=O) groups excluding carboxylic acids is 1. The molecule has 1 aromatic rings. The van der Waals surface area contributed by atoms with Crippen LogP contribution in [0.5, 0.6) is 0 Å². The predicted octanol–water partition coefficient (Wildman–Crippen LogP) is 3.08. The lowest BCUT2D eigenvalue weighted by atomic mass is 10.0. The summed E-state index contributed by atoms with van der Waals surface area (Å²) >= 11 is 6.13. The van der Waals surface area contributed by atoms with Crippen molar-refractivity contribution in [3.05, 3.63) is 46.5 Å². The highest BCUT2D eigenvalue weighted by Gasteiger charge is 2.40. The Hall–Kier alpha value is -2.21. The largest absolute Gasteiger partial charge is 0.353 e. The van der Waals surface area contributed by atoms with Gasteiger partial charge in [-0.25, -0.2) is 4.79 Å². The van der Waals surface area contributed by atoms with E-state index < -0.39 is 0 Å². The molecule has 2 fully saturated rings. The number of aryl methyl sites for hydroxylation is 1. The lowest BCUT2D eigenvalue weighted by molar-refractivity contribution is 0.156. The molecule has 28 heavy (non-hydrogen) atoms. The molecule has 3 atom stereocenters. The maximum atomic E-state index is 12.8. The van der Waals surface area contributed by atoms with Gasteiger partial charge in [-0.15, -0.1) is 0 Å². The van der Waals surface area contributed by atoms with Crippen LogP contribution in [-0.2, 0) is 0 Å². The number of halogens is 1. The van der Waals surface area contributed by atoms with E-state index in [1.165, 1.54) is 5.56 Å². The summed E-state index contributed by atoms with van der Waals surface area (Å²) < 4.78 is 0. The minimum Gasteiger partial charge on any atom is -0.353 e. The summed E-state index contributed by atoms with van der Waals surface area (Å²) in [4.78, 5) is 16.9. The van der Waals surface area contributed by atoms with Crippen LogP contribution in [0.4, 0.5) is 4.79 Å². The average molecular weight is 402 g/mol. The van der Waals surface area contributed by atoms with Gasteiger partial charge in [0.15, 0.2) is 0 Å². The van der Waals surface area contributed by atoms with Gasteiger partial charge in [-0.1, -0.05) is 29.8 Å². The second-order valence-electron chi connectivity index (χ2n) is 7.99. The summed E-state index contributed by atoms with van der Waals surface area (Å²) in [6.07, 6.45) is 7.21. The molecule has 150 valence electrons. The molecule has 6 nitrogen and oxygen atoms in total. The van der Waals surface area contributed by atoms with E-state index in [1.807, 2.05) is 24.9 Å². The highest BCUT2D eigenvalue weighted by molar-refractivity contribution is 6.31. The Bertz CT molecular complexity index is 808. The number of piperidine rings is 1. The number of nitrogens with one attached hydrogen (secondary N) is 2. The molecule has 1 aromatic carbocycles. The van der Waals surface area contributed by atoms with Gasteiger partial charge in [0.1, 0.15) is 5.84 Å². The average Bonchev–Trinajstić information content (AvgIpc) is 3.49. The van der Waals surface area contributed by atoms with Gasteiger partial charge in [-0.2, -0.15) is 5.10 Å². The Morgan fingerprint density at radius 3 is 3.04 bits per heavy atom. The summed E-state index contributed by atoms with van der Waals surface area (Å²) in [7, 11) is 1.91. The van der Waals surface area contributed by atoms with Gasteiger partial charge >= 0.3 is 6.03 Å². The number of carbonyl (C=O) groups is 1. The van der Waals surface area contributed by atoms with Crippen molar-refractivity contribution in [2.75, 3.05) is 26.7 Å². The number of benzene rings is 1. The quantitative estimate of drug-likeness (QED) is 0.818. The Morgan fingerprint density at radius 1 is 1.43 bits per heavy atom. The normalized spacial score (nSPS) is 26.3. The molecule has 2 aliphatic heterocycles. The smallest absolute Gasteiger partial charge is 0.317 e. The van der Waals surface area contributed by atoms with Crippen LogP contribution in [0.15, 0.2) is 35.5 Å². The number of hydrogen-bond donors (Lipinski definition) is 2. The Kier molecular flexibility index (Phi) is 5.49.